The maximum absolute atomic E-state index is 13.5. The number of aromatic nitrogens is 2. The smallest absolute Gasteiger partial charge is 0.326 e. The van der Waals surface area contributed by atoms with Crippen LogP contribution in [-0.4, -0.2) is 80.4 Å². The summed E-state index contributed by atoms with van der Waals surface area (Å²) >= 11 is 3.96. The van der Waals surface area contributed by atoms with Gasteiger partial charge in [-0.3, -0.25) is 14.4 Å². The van der Waals surface area contributed by atoms with Crippen LogP contribution in [0.25, 0.3) is 21.8 Å². The lowest BCUT2D eigenvalue weighted by molar-refractivity contribution is -0.142. The number of rotatable bonds is 13. The first-order valence-corrected chi connectivity index (χ1v) is 13.6. The molecule has 0 spiro atoms. The minimum atomic E-state index is -1.40. The number of hydrogen-bond acceptors (Lipinski definition) is 7. The number of fused-ring (bicyclic) bond motifs is 2. The van der Waals surface area contributed by atoms with Gasteiger partial charge in [-0.1, -0.05) is 36.4 Å². The molecule has 0 radical (unpaired) electrons. The van der Waals surface area contributed by atoms with Crippen molar-refractivity contribution in [2.75, 3.05) is 12.4 Å². The standard InChI is InChI=1S/C28H32N6O6S/c29-19(14-41)25(36)34-24(13-35)27(38)32-22(9-15-11-30-20-7-3-1-5-17(15)20)26(37)33-23(28(39)40)10-16-12-31-21-8-4-2-6-18(16)21/h1-8,11-12,19,22-24,30-31,35,41H,9-10,13-14,29H2,(H,32,38)(H,33,37)(H,34,36)(H,39,40). The summed E-state index contributed by atoms with van der Waals surface area (Å²) in [6.07, 6.45) is 3.40. The number of aromatic amines is 2. The number of aliphatic carboxylic acids is 1. The Morgan fingerprint density at radius 3 is 1.73 bits per heavy atom. The number of carbonyl (C=O) groups excluding carboxylic acids is 3. The number of aliphatic hydroxyl groups is 1. The topological polar surface area (TPSA) is 202 Å². The van der Waals surface area contributed by atoms with Gasteiger partial charge >= 0.3 is 5.97 Å². The molecule has 216 valence electrons. The minimum absolute atomic E-state index is 0.00323. The van der Waals surface area contributed by atoms with E-state index in [2.05, 4.69) is 38.5 Å². The third-order valence-corrected chi connectivity index (χ3v) is 7.19. The summed E-state index contributed by atoms with van der Waals surface area (Å²) in [5.74, 6) is -3.51. The average Bonchev–Trinajstić information content (AvgIpc) is 3.58. The van der Waals surface area contributed by atoms with Gasteiger partial charge in [0.25, 0.3) is 0 Å². The zero-order valence-electron chi connectivity index (χ0n) is 22.0. The van der Waals surface area contributed by atoms with E-state index in [1.807, 2.05) is 48.5 Å². The van der Waals surface area contributed by atoms with Crippen LogP contribution in [0.4, 0.5) is 0 Å². The highest BCUT2D eigenvalue weighted by molar-refractivity contribution is 7.80. The number of para-hydroxylation sites is 2. The third kappa shape index (κ3) is 7.06. The number of nitrogens with two attached hydrogens (primary N) is 1. The zero-order valence-corrected chi connectivity index (χ0v) is 22.9. The summed E-state index contributed by atoms with van der Waals surface area (Å²) in [4.78, 5) is 57.2. The van der Waals surface area contributed by atoms with E-state index in [1.54, 1.807) is 12.4 Å². The van der Waals surface area contributed by atoms with Crippen LogP contribution in [0.1, 0.15) is 11.1 Å². The van der Waals surface area contributed by atoms with Crippen LogP contribution in [0.15, 0.2) is 60.9 Å². The highest BCUT2D eigenvalue weighted by Crippen LogP contribution is 2.21. The second kappa shape index (κ2) is 13.4. The second-order valence-electron chi connectivity index (χ2n) is 9.62. The van der Waals surface area contributed by atoms with Gasteiger partial charge in [-0.15, -0.1) is 0 Å². The van der Waals surface area contributed by atoms with Crippen LogP contribution in [0, 0.1) is 0 Å². The first-order chi connectivity index (χ1) is 19.7. The summed E-state index contributed by atoms with van der Waals surface area (Å²) in [7, 11) is 0. The van der Waals surface area contributed by atoms with Crippen LogP contribution in [0.5, 0.6) is 0 Å². The summed E-state index contributed by atoms with van der Waals surface area (Å²) in [5, 5.41) is 28.8. The Morgan fingerprint density at radius 1 is 0.756 bits per heavy atom. The normalized spacial score (nSPS) is 14.2. The molecule has 13 heteroatoms. The maximum atomic E-state index is 13.5. The van der Waals surface area contributed by atoms with Crippen LogP contribution in [0.3, 0.4) is 0 Å². The van der Waals surface area contributed by atoms with Gasteiger partial charge in [0, 0.05) is 52.8 Å². The predicted octanol–water partition coefficient (Wildman–Crippen LogP) is 0.223. The van der Waals surface area contributed by atoms with Gasteiger partial charge in [-0.25, -0.2) is 4.79 Å². The number of aliphatic hydroxyl groups excluding tert-OH is 1. The van der Waals surface area contributed by atoms with E-state index in [9.17, 15) is 29.4 Å². The lowest BCUT2D eigenvalue weighted by Gasteiger charge is -2.24. The molecule has 2 aromatic carbocycles. The molecule has 4 unspecified atom stereocenters. The fraction of sp³-hybridized carbons (Fsp3) is 0.286. The highest BCUT2D eigenvalue weighted by Gasteiger charge is 2.31. The van der Waals surface area contributed by atoms with Crippen molar-refractivity contribution in [3.05, 3.63) is 72.1 Å². The molecule has 0 aliphatic rings. The monoisotopic (exact) mass is 580 g/mol. The Kier molecular flexibility index (Phi) is 9.65. The molecule has 9 N–H and O–H groups in total. The van der Waals surface area contributed by atoms with Crippen LogP contribution in [0.2, 0.25) is 0 Å². The van der Waals surface area contributed by atoms with Crippen molar-refractivity contribution in [3.8, 4) is 0 Å². The molecule has 12 nitrogen and oxygen atoms in total. The summed E-state index contributed by atoms with van der Waals surface area (Å²) in [6.45, 7) is -0.753. The molecule has 0 fully saturated rings. The number of thiol groups is 1. The van der Waals surface area contributed by atoms with Gasteiger partial charge in [0.15, 0.2) is 0 Å². The largest absolute Gasteiger partial charge is 0.480 e. The van der Waals surface area contributed by atoms with Crippen LogP contribution in [-0.2, 0) is 32.0 Å². The van der Waals surface area contributed by atoms with Crippen molar-refractivity contribution < 1.29 is 29.4 Å². The molecule has 4 aromatic rings. The molecule has 0 bridgehead atoms. The fourth-order valence-electron chi connectivity index (χ4n) is 4.55. The molecule has 0 saturated carbocycles. The molecule has 2 aromatic heterocycles. The maximum Gasteiger partial charge on any atom is 0.326 e. The van der Waals surface area contributed by atoms with E-state index in [0.29, 0.717) is 11.1 Å². The van der Waals surface area contributed by atoms with Crippen molar-refractivity contribution in [3.63, 3.8) is 0 Å². The van der Waals surface area contributed by atoms with Crippen molar-refractivity contribution in [2.24, 2.45) is 5.73 Å². The average molecular weight is 581 g/mol. The first kappa shape index (κ1) is 29.6. The molecule has 4 atom stereocenters. The fourth-order valence-corrected chi connectivity index (χ4v) is 4.72. The molecule has 0 aliphatic heterocycles. The van der Waals surface area contributed by atoms with Crippen molar-refractivity contribution in [1.29, 1.82) is 0 Å². The van der Waals surface area contributed by atoms with Gasteiger partial charge in [-0.2, -0.15) is 12.6 Å². The Hall–Kier alpha value is -4.33. The lowest BCUT2D eigenvalue weighted by Crippen LogP contribution is -2.58. The number of H-pyrrole nitrogens is 2. The Balaban J connectivity index is 1.57. The zero-order chi connectivity index (χ0) is 29.5. The first-order valence-electron chi connectivity index (χ1n) is 12.9. The minimum Gasteiger partial charge on any atom is -0.480 e. The van der Waals surface area contributed by atoms with E-state index < -0.39 is 54.5 Å². The number of carboxylic acid groups (broad SMARTS) is 1. The molecule has 3 amide bonds. The van der Waals surface area contributed by atoms with Crippen LogP contribution < -0.4 is 21.7 Å². The van der Waals surface area contributed by atoms with Crippen LogP contribution >= 0.6 is 12.6 Å². The number of nitrogens with one attached hydrogen (secondary N) is 5. The predicted molar refractivity (Wildman–Crippen MR) is 156 cm³/mol. The molecule has 41 heavy (non-hydrogen) atoms. The number of benzene rings is 2. The molecular formula is C28H32N6O6S. The second-order valence-corrected chi connectivity index (χ2v) is 9.99. The molecular weight excluding hydrogens is 548 g/mol. The lowest BCUT2D eigenvalue weighted by atomic mass is 10.0. The van der Waals surface area contributed by atoms with E-state index in [1.165, 1.54) is 0 Å². The third-order valence-electron chi connectivity index (χ3n) is 6.79. The summed E-state index contributed by atoms with van der Waals surface area (Å²) in [5.41, 5.74) is 8.71. The molecule has 0 aliphatic carbocycles. The van der Waals surface area contributed by atoms with Crippen molar-refractivity contribution in [1.82, 2.24) is 25.9 Å². The summed E-state index contributed by atoms with van der Waals surface area (Å²) < 4.78 is 0. The van der Waals surface area contributed by atoms with Crippen molar-refractivity contribution in [2.45, 2.75) is 37.0 Å². The summed E-state index contributed by atoms with van der Waals surface area (Å²) in [6, 6.07) is 9.84. The van der Waals surface area contributed by atoms with Gasteiger partial charge in [0.1, 0.15) is 18.1 Å². The Bertz CT molecular complexity index is 1550. The van der Waals surface area contributed by atoms with Gasteiger partial charge in [0.05, 0.1) is 12.6 Å². The van der Waals surface area contributed by atoms with Gasteiger partial charge < -0.3 is 41.9 Å². The molecule has 0 saturated heterocycles. The highest BCUT2D eigenvalue weighted by atomic mass is 32.1. The number of hydrogen-bond donors (Lipinski definition) is 9. The van der Waals surface area contributed by atoms with Gasteiger partial charge in [-0.05, 0) is 23.3 Å². The van der Waals surface area contributed by atoms with Gasteiger partial charge in [0.2, 0.25) is 17.7 Å². The number of amides is 3. The van der Waals surface area contributed by atoms with E-state index >= 15 is 0 Å². The quantitative estimate of drug-likeness (QED) is 0.101. The molecule has 4 rings (SSSR count). The number of carboxylic acids is 1. The van der Waals surface area contributed by atoms with E-state index in [-0.39, 0.29) is 18.6 Å². The molecule has 2 heterocycles. The Labute approximate surface area is 240 Å². The Morgan fingerprint density at radius 2 is 1.22 bits per heavy atom. The van der Waals surface area contributed by atoms with Crippen molar-refractivity contribution >= 4 is 58.1 Å². The van der Waals surface area contributed by atoms with E-state index in [0.717, 1.165) is 21.8 Å². The number of carbonyl (C=O) groups is 4. The SMILES string of the molecule is NC(CS)C(=O)NC(CO)C(=O)NC(Cc1c[nH]c2ccccc12)C(=O)NC(Cc1c[nH]c2ccccc12)C(=O)O. The van der Waals surface area contributed by atoms with E-state index in [4.69, 9.17) is 5.73 Å².